The van der Waals surface area contributed by atoms with E-state index in [1.165, 1.54) is 10.5 Å². The Labute approximate surface area is 194 Å². The fraction of sp³-hybridized carbons (Fsp3) is 0.423. The molecule has 3 aliphatic rings. The lowest BCUT2D eigenvalue weighted by molar-refractivity contribution is 0.0549. The molecule has 2 aromatic rings. The molecule has 0 atom stereocenters. The molecule has 7 heteroatoms. The van der Waals surface area contributed by atoms with E-state index in [0.717, 1.165) is 51.7 Å². The minimum absolute atomic E-state index is 0.00336. The van der Waals surface area contributed by atoms with E-state index in [1.54, 1.807) is 23.1 Å². The van der Waals surface area contributed by atoms with Crippen molar-refractivity contribution in [1.29, 1.82) is 0 Å². The predicted octanol–water partition coefficient (Wildman–Crippen LogP) is 3.97. The number of nitrogens with zero attached hydrogens (tertiary/aromatic N) is 3. The van der Waals surface area contributed by atoms with E-state index in [9.17, 15) is 14.4 Å². The molecule has 1 saturated carbocycles. The van der Waals surface area contributed by atoms with Crippen LogP contribution in [0.4, 0.5) is 10.5 Å². The average Bonchev–Trinajstić information content (AvgIpc) is 3.10. The van der Waals surface area contributed by atoms with Gasteiger partial charge in [0.1, 0.15) is 0 Å². The van der Waals surface area contributed by atoms with Crippen LogP contribution in [0.15, 0.2) is 48.5 Å². The Balaban J connectivity index is 1.19. The molecule has 33 heavy (non-hydrogen) atoms. The van der Waals surface area contributed by atoms with Gasteiger partial charge in [-0.3, -0.25) is 19.4 Å². The molecule has 2 aliphatic heterocycles. The van der Waals surface area contributed by atoms with Crippen molar-refractivity contribution in [2.75, 3.05) is 31.5 Å². The molecular weight excluding hydrogens is 416 g/mol. The molecule has 2 fully saturated rings. The third-order valence-electron chi connectivity index (χ3n) is 7.02. The standard InChI is InChI=1S/C26H30N4O3/c31-24-22-12-11-20(17-23(22)25(32)30(24)21-9-5-2-6-10-21)27-26(33)29-15-13-28(14-16-29)18-19-7-3-1-4-8-19/h1,3-4,7-8,11-12,17,21H,2,5-6,9-10,13-16,18H2,(H,27,33). The van der Waals surface area contributed by atoms with Gasteiger partial charge < -0.3 is 10.2 Å². The number of hydrogen-bond donors (Lipinski definition) is 1. The SMILES string of the molecule is O=C(Nc1ccc2c(c1)C(=O)N(C1CCCCC1)C2=O)N1CCN(Cc2ccccc2)CC1. The highest BCUT2D eigenvalue weighted by Gasteiger charge is 2.40. The first-order chi connectivity index (χ1) is 16.1. The number of carbonyl (C=O) groups is 3. The Morgan fingerprint density at radius 3 is 2.27 bits per heavy atom. The quantitative estimate of drug-likeness (QED) is 0.722. The zero-order chi connectivity index (χ0) is 22.8. The van der Waals surface area contributed by atoms with Crippen LogP contribution in [-0.4, -0.2) is 64.8 Å². The van der Waals surface area contributed by atoms with Crippen molar-refractivity contribution in [1.82, 2.24) is 14.7 Å². The maximum Gasteiger partial charge on any atom is 0.321 e. The summed E-state index contributed by atoms with van der Waals surface area (Å²) in [6, 6.07) is 15.2. The third kappa shape index (κ3) is 4.50. The fourth-order valence-corrected chi connectivity index (χ4v) is 5.16. The highest BCUT2D eigenvalue weighted by molar-refractivity contribution is 6.22. The van der Waals surface area contributed by atoms with Crippen molar-refractivity contribution >= 4 is 23.5 Å². The van der Waals surface area contributed by atoms with Crippen LogP contribution in [0.3, 0.4) is 0 Å². The summed E-state index contributed by atoms with van der Waals surface area (Å²) in [4.78, 5) is 44.3. The zero-order valence-corrected chi connectivity index (χ0v) is 18.8. The van der Waals surface area contributed by atoms with Crippen LogP contribution in [0.1, 0.15) is 58.4 Å². The maximum absolute atomic E-state index is 13.0. The average molecular weight is 447 g/mol. The number of carbonyl (C=O) groups excluding carboxylic acids is 3. The van der Waals surface area contributed by atoms with E-state index in [2.05, 4.69) is 22.3 Å². The second-order valence-electron chi connectivity index (χ2n) is 9.21. The molecule has 0 aromatic heterocycles. The number of anilines is 1. The second kappa shape index (κ2) is 9.35. The van der Waals surface area contributed by atoms with Gasteiger partial charge in [-0.15, -0.1) is 0 Å². The molecular formula is C26H30N4O3. The molecule has 7 nitrogen and oxygen atoms in total. The monoisotopic (exact) mass is 446 g/mol. The van der Waals surface area contributed by atoms with Gasteiger partial charge in [0, 0.05) is 44.5 Å². The highest BCUT2D eigenvalue weighted by atomic mass is 16.2. The summed E-state index contributed by atoms with van der Waals surface area (Å²) in [5.41, 5.74) is 2.67. The van der Waals surface area contributed by atoms with E-state index in [0.29, 0.717) is 29.9 Å². The van der Waals surface area contributed by atoms with Crippen LogP contribution >= 0.6 is 0 Å². The molecule has 1 saturated heterocycles. The molecule has 4 amide bonds. The zero-order valence-electron chi connectivity index (χ0n) is 18.8. The number of urea groups is 1. The summed E-state index contributed by atoms with van der Waals surface area (Å²) in [5.74, 6) is -0.429. The number of fused-ring (bicyclic) bond motifs is 1. The van der Waals surface area contributed by atoms with Gasteiger partial charge >= 0.3 is 6.03 Å². The smallest absolute Gasteiger partial charge is 0.321 e. The normalized spacial score (nSPS) is 19.6. The van der Waals surface area contributed by atoms with Crippen molar-refractivity contribution in [2.24, 2.45) is 0 Å². The molecule has 0 bridgehead atoms. The van der Waals surface area contributed by atoms with Crippen LogP contribution in [0.5, 0.6) is 0 Å². The summed E-state index contributed by atoms with van der Waals surface area (Å²) in [6.45, 7) is 3.81. The van der Waals surface area contributed by atoms with Crippen LogP contribution < -0.4 is 5.32 Å². The Bertz CT molecular complexity index is 1040. The Kier molecular flexibility index (Phi) is 6.13. The van der Waals surface area contributed by atoms with Crippen molar-refractivity contribution in [3.05, 3.63) is 65.2 Å². The number of imide groups is 1. The van der Waals surface area contributed by atoms with Crippen molar-refractivity contribution in [3.8, 4) is 0 Å². The Hall–Kier alpha value is -3.19. The van der Waals surface area contributed by atoms with Crippen LogP contribution in [0.25, 0.3) is 0 Å². The highest BCUT2D eigenvalue weighted by Crippen LogP contribution is 2.32. The van der Waals surface area contributed by atoms with Gasteiger partial charge in [-0.2, -0.15) is 0 Å². The summed E-state index contributed by atoms with van der Waals surface area (Å²) >= 11 is 0. The summed E-state index contributed by atoms with van der Waals surface area (Å²) in [6.07, 6.45) is 5.03. The molecule has 5 rings (SSSR count). The van der Waals surface area contributed by atoms with Crippen molar-refractivity contribution in [3.63, 3.8) is 0 Å². The first-order valence-electron chi connectivity index (χ1n) is 11.9. The molecule has 2 aromatic carbocycles. The number of rotatable bonds is 4. The van der Waals surface area contributed by atoms with Crippen molar-refractivity contribution < 1.29 is 14.4 Å². The lowest BCUT2D eigenvalue weighted by Gasteiger charge is -2.34. The number of amides is 4. The largest absolute Gasteiger partial charge is 0.322 e. The van der Waals surface area contributed by atoms with E-state index >= 15 is 0 Å². The van der Waals surface area contributed by atoms with E-state index in [1.807, 2.05) is 18.2 Å². The molecule has 0 radical (unpaired) electrons. The Morgan fingerprint density at radius 1 is 0.848 bits per heavy atom. The summed E-state index contributed by atoms with van der Waals surface area (Å²) in [5, 5.41) is 2.92. The molecule has 2 heterocycles. The number of piperazine rings is 1. The predicted molar refractivity (Wildman–Crippen MR) is 126 cm³/mol. The number of nitrogens with one attached hydrogen (secondary N) is 1. The summed E-state index contributed by atoms with van der Waals surface area (Å²) < 4.78 is 0. The number of benzene rings is 2. The molecule has 1 N–H and O–H groups in total. The van der Waals surface area contributed by atoms with E-state index in [4.69, 9.17) is 0 Å². The Morgan fingerprint density at radius 2 is 1.55 bits per heavy atom. The van der Waals surface area contributed by atoms with Gasteiger partial charge in [0.05, 0.1) is 11.1 Å². The van der Waals surface area contributed by atoms with Crippen LogP contribution in [0.2, 0.25) is 0 Å². The van der Waals surface area contributed by atoms with Gasteiger partial charge in [-0.05, 0) is 36.6 Å². The van der Waals surface area contributed by atoms with E-state index in [-0.39, 0.29) is 23.9 Å². The molecule has 172 valence electrons. The third-order valence-corrected chi connectivity index (χ3v) is 7.02. The minimum atomic E-state index is -0.229. The fourth-order valence-electron chi connectivity index (χ4n) is 5.16. The minimum Gasteiger partial charge on any atom is -0.322 e. The lowest BCUT2D eigenvalue weighted by Crippen LogP contribution is -2.49. The molecule has 0 unspecified atom stereocenters. The van der Waals surface area contributed by atoms with Gasteiger partial charge in [0.25, 0.3) is 11.8 Å². The van der Waals surface area contributed by atoms with Gasteiger partial charge in [-0.1, -0.05) is 49.6 Å². The first kappa shape index (κ1) is 21.6. The second-order valence-corrected chi connectivity index (χ2v) is 9.21. The maximum atomic E-state index is 13.0. The first-order valence-corrected chi connectivity index (χ1v) is 11.9. The lowest BCUT2D eigenvalue weighted by atomic mass is 9.94. The van der Waals surface area contributed by atoms with E-state index < -0.39 is 0 Å². The van der Waals surface area contributed by atoms with Gasteiger partial charge in [0.15, 0.2) is 0 Å². The summed E-state index contributed by atoms with van der Waals surface area (Å²) in [7, 11) is 0. The van der Waals surface area contributed by atoms with Gasteiger partial charge in [0.2, 0.25) is 0 Å². The van der Waals surface area contributed by atoms with Crippen LogP contribution in [0, 0.1) is 0 Å². The molecule has 0 spiro atoms. The van der Waals surface area contributed by atoms with Gasteiger partial charge in [-0.25, -0.2) is 4.79 Å². The number of hydrogen-bond acceptors (Lipinski definition) is 4. The van der Waals surface area contributed by atoms with Crippen LogP contribution in [-0.2, 0) is 6.54 Å². The topological polar surface area (TPSA) is 73.0 Å². The molecule has 1 aliphatic carbocycles. The van der Waals surface area contributed by atoms with Crippen molar-refractivity contribution in [2.45, 2.75) is 44.7 Å².